The van der Waals surface area contributed by atoms with Gasteiger partial charge < -0.3 is 39.8 Å². The van der Waals surface area contributed by atoms with Crippen LogP contribution in [0.15, 0.2) is 128 Å². The number of aromatic nitrogens is 3. The summed E-state index contributed by atoms with van der Waals surface area (Å²) in [6, 6.07) is 33.5. The van der Waals surface area contributed by atoms with Gasteiger partial charge in [0.1, 0.15) is 0 Å². The Kier molecular flexibility index (Phi) is 24.3. The smallest absolute Gasteiger partial charge is 0.512 e. The molecule has 0 unspecified atom stereocenters. The zero-order chi connectivity index (χ0) is 36.7. The van der Waals surface area contributed by atoms with Crippen LogP contribution in [-0.4, -0.2) is 60.6 Å². The van der Waals surface area contributed by atoms with Gasteiger partial charge in [0, 0.05) is 12.2 Å². The standard InChI is InChI=1S/2C10H10N2.C9H5N3.2C5H8O2.2Ir/c2*1-11-7-8-12(9-11)10-5-3-2-4-6-10;1-2-4-8(5-3-1)9-11-6-10-7-12-9;2*1-4(6)3-5(2)7;;/h2*2-5,7-9H,1H3;1-3,6-7H;2*3,6H,1-2H3;;/q3*-2;;;2*+3/b;;;2*4-3-;;. The molecule has 4 aromatic rings. The number of benzene rings is 3. The Labute approximate surface area is 334 Å². The molecule has 2 N–H and O–H groups in total. The Morgan fingerprint density at radius 1 is 0.635 bits per heavy atom. The molecule has 0 saturated carbocycles. The summed E-state index contributed by atoms with van der Waals surface area (Å²) in [6.45, 7) is 9.71. The van der Waals surface area contributed by atoms with Gasteiger partial charge in [-0.05, 0) is 72.4 Å². The van der Waals surface area contributed by atoms with E-state index in [4.69, 9.17) is 10.2 Å². The molecule has 0 bridgehead atoms. The molecule has 0 aliphatic carbocycles. The second-order valence-electron chi connectivity index (χ2n) is 10.4. The number of rotatable bonds is 5. The largest absolute Gasteiger partial charge is 3.00 e. The molecule has 1 aromatic heterocycles. The topological polar surface area (TPSA) is 126 Å². The molecule has 0 fully saturated rings. The van der Waals surface area contributed by atoms with Gasteiger partial charge in [-0.1, -0.05) is 0 Å². The number of hydrogen-bond donors (Lipinski definition) is 2. The number of carbonyl (C=O) groups excluding carboxylic acids is 2. The molecule has 0 saturated heterocycles. The molecule has 0 atom stereocenters. The van der Waals surface area contributed by atoms with Crippen LogP contribution in [0.25, 0.3) is 11.4 Å². The molecule has 52 heavy (non-hydrogen) atoms. The molecule has 2 aliphatic rings. The van der Waals surface area contributed by atoms with Gasteiger partial charge in [0.15, 0.2) is 11.6 Å². The molecule has 0 amide bonds. The number of hydrogen-bond acceptors (Lipinski definition) is 11. The fourth-order valence-electron chi connectivity index (χ4n) is 3.71. The Morgan fingerprint density at radius 2 is 1.04 bits per heavy atom. The second kappa shape index (κ2) is 26.8. The summed E-state index contributed by atoms with van der Waals surface area (Å²) in [4.78, 5) is 39.7. The fourth-order valence-corrected chi connectivity index (χ4v) is 3.71. The number of anilines is 2. The zero-order valence-electron chi connectivity index (χ0n) is 29.6. The van der Waals surface area contributed by atoms with Gasteiger partial charge in [-0.3, -0.25) is 21.7 Å². The zero-order valence-corrected chi connectivity index (χ0v) is 34.4. The maximum Gasteiger partial charge on any atom is 3.00 e. The van der Waals surface area contributed by atoms with Gasteiger partial charge in [-0.15, -0.1) is 11.4 Å². The van der Waals surface area contributed by atoms with Crippen LogP contribution in [0.5, 0.6) is 0 Å². The van der Waals surface area contributed by atoms with Crippen molar-refractivity contribution >= 4 is 22.9 Å². The van der Waals surface area contributed by atoms with E-state index in [1.807, 2.05) is 126 Å². The van der Waals surface area contributed by atoms with Gasteiger partial charge in [-0.25, -0.2) is 28.7 Å². The number of para-hydroxylation sites is 2. The molecule has 11 nitrogen and oxygen atoms in total. The number of ketones is 2. The molecular formula is C39H41Ir2N7O4. The van der Waals surface area contributed by atoms with Crippen LogP contribution in [-0.2, 0) is 49.8 Å². The summed E-state index contributed by atoms with van der Waals surface area (Å²) in [7, 11) is 4.00. The third-order valence-corrected chi connectivity index (χ3v) is 5.67. The maximum atomic E-state index is 10.0. The minimum atomic E-state index is -0.125. The Morgan fingerprint density at radius 3 is 1.33 bits per heavy atom. The van der Waals surface area contributed by atoms with E-state index in [0.717, 1.165) is 16.9 Å². The van der Waals surface area contributed by atoms with Crippen molar-refractivity contribution in [2.24, 2.45) is 0 Å². The minimum absolute atomic E-state index is 0. The normalized spacial score (nSPS) is 12.6. The van der Waals surface area contributed by atoms with Crippen molar-refractivity contribution in [3.05, 3.63) is 165 Å². The predicted molar refractivity (Wildman–Crippen MR) is 195 cm³/mol. The number of nitrogens with zero attached hydrogens (tertiary/aromatic N) is 7. The van der Waals surface area contributed by atoms with Gasteiger partial charge in [0.05, 0.1) is 24.2 Å². The summed E-state index contributed by atoms with van der Waals surface area (Å²) in [5, 5.41) is 16.7. The molecule has 13 heteroatoms. The van der Waals surface area contributed by atoms with E-state index in [0.29, 0.717) is 5.82 Å². The van der Waals surface area contributed by atoms with Gasteiger partial charge >= 0.3 is 40.2 Å². The fraction of sp³-hybridized carbons (Fsp3) is 0.154. The van der Waals surface area contributed by atoms with E-state index in [2.05, 4.69) is 39.2 Å². The summed E-state index contributed by atoms with van der Waals surface area (Å²) in [5.74, 6) is 0.477. The summed E-state index contributed by atoms with van der Waals surface area (Å²) in [5.41, 5.74) is 2.90. The van der Waals surface area contributed by atoms with Crippen LogP contribution in [0.4, 0.5) is 11.4 Å². The van der Waals surface area contributed by atoms with Gasteiger partial charge in [0.25, 0.3) is 0 Å². The monoisotopic (exact) mass is 1060 g/mol. The van der Waals surface area contributed by atoms with E-state index >= 15 is 0 Å². The van der Waals surface area contributed by atoms with E-state index in [9.17, 15) is 9.59 Å². The second-order valence-corrected chi connectivity index (χ2v) is 10.4. The van der Waals surface area contributed by atoms with Crippen molar-refractivity contribution in [1.82, 2.24) is 24.8 Å². The first-order chi connectivity index (χ1) is 23.9. The summed E-state index contributed by atoms with van der Waals surface area (Å²) >= 11 is 0. The molecule has 3 aromatic carbocycles. The van der Waals surface area contributed by atoms with Crippen LogP contribution in [0.2, 0.25) is 0 Å². The number of allylic oxidation sites excluding steroid dienone is 4. The first-order valence-corrected chi connectivity index (χ1v) is 15.2. The molecule has 0 spiro atoms. The van der Waals surface area contributed by atoms with E-state index < -0.39 is 0 Å². The minimum Gasteiger partial charge on any atom is -0.512 e. The third-order valence-electron chi connectivity index (χ3n) is 5.67. The van der Waals surface area contributed by atoms with E-state index in [1.54, 1.807) is 12.1 Å². The Balaban J connectivity index is 0.000000633. The summed E-state index contributed by atoms with van der Waals surface area (Å²) < 4.78 is 0. The molecular weight excluding hydrogens is 1010 g/mol. The first kappa shape index (κ1) is 47.1. The van der Waals surface area contributed by atoms with Crippen LogP contribution in [0, 0.1) is 37.6 Å². The maximum absolute atomic E-state index is 10.0. The number of aliphatic hydroxyl groups excluding tert-OH is 2. The van der Waals surface area contributed by atoms with Crippen LogP contribution in [0.1, 0.15) is 27.7 Å². The Hall–Kier alpha value is -4.93. The number of carbonyl (C=O) groups is 2. The SMILES string of the molecule is CC(=O)/C=C(/C)O.CC(=O)/C=C(/C)O.CN1C=CN(c2[c-]cccc2)[CH-]1.CN1C=CN(c2[c-]cccc2)[CH-]1.[Ir+3].[Ir+3].[c-]1ccc[c-]c1-c1ncncn1. The van der Waals surface area contributed by atoms with Crippen molar-refractivity contribution in [1.29, 1.82) is 0 Å². The molecule has 3 heterocycles. The van der Waals surface area contributed by atoms with Crippen molar-refractivity contribution in [3.8, 4) is 11.4 Å². The third kappa shape index (κ3) is 20.7. The average molecular weight is 1060 g/mol. The molecule has 274 valence electrons. The van der Waals surface area contributed by atoms with E-state index in [-0.39, 0.29) is 63.3 Å². The summed E-state index contributed by atoms with van der Waals surface area (Å²) in [6.07, 6.45) is 13.3. The first-order valence-electron chi connectivity index (χ1n) is 15.2. The van der Waals surface area contributed by atoms with Crippen LogP contribution < -0.4 is 9.80 Å². The van der Waals surface area contributed by atoms with Crippen molar-refractivity contribution in [2.75, 3.05) is 23.9 Å². The van der Waals surface area contributed by atoms with Gasteiger partial charge in [-0.2, -0.15) is 74.0 Å². The van der Waals surface area contributed by atoms with Gasteiger partial charge in [0.2, 0.25) is 0 Å². The quantitative estimate of drug-likeness (QED) is 0.124. The predicted octanol–water partition coefficient (Wildman–Crippen LogP) is 6.87. The molecule has 2 aliphatic heterocycles. The number of aliphatic hydroxyl groups is 2. The average Bonchev–Trinajstić information content (AvgIpc) is 3.74. The van der Waals surface area contributed by atoms with Crippen molar-refractivity contribution in [2.45, 2.75) is 27.7 Å². The van der Waals surface area contributed by atoms with E-state index in [1.165, 1.54) is 52.5 Å². The van der Waals surface area contributed by atoms with Crippen molar-refractivity contribution in [3.63, 3.8) is 0 Å². The Bertz CT molecular complexity index is 1560. The van der Waals surface area contributed by atoms with Crippen LogP contribution in [0.3, 0.4) is 0 Å². The van der Waals surface area contributed by atoms with Crippen LogP contribution >= 0.6 is 0 Å². The van der Waals surface area contributed by atoms with Crippen molar-refractivity contribution < 1.29 is 60.0 Å². The molecule has 0 radical (unpaired) electrons. The molecule has 6 rings (SSSR count).